The Kier molecular flexibility index (Phi) is 11.6. The summed E-state index contributed by atoms with van der Waals surface area (Å²) in [5.74, 6) is 1.42. The number of hydrogen-bond acceptors (Lipinski definition) is 7. The molecule has 0 aromatic heterocycles. The Balaban J connectivity index is 1.46. The first kappa shape index (κ1) is 31.4. The Morgan fingerprint density at radius 1 is 0.682 bits per heavy atom. The molecule has 0 unspecified atom stereocenters. The zero-order valence-electron chi connectivity index (χ0n) is 25.0. The monoisotopic (exact) mass is 596 g/mol. The first-order valence-electron chi connectivity index (χ1n) is 14.9. The summed E-state index contributed by atoms with van der Waals surface area (Å²) in [6.07, 6.45) is -1.15. The van der Waals surface area contributed by atoms with E-state index in [-0.39, 0.29) is 13.2 Å². The number of para-hydroxylation sites is 1. The van der Waals surface area contributed by atoms with E-state index in [2.05, 4.69) is 6.58 Å². The van der Waals surface area contributed by atoms with Gasteiger partial charge >= 0.3 is 0 Å². The molecule has 1 N–H and O–H groups in total. The van der Waals surface area contributed by atoms with Crippen molar-refractivity contribution >= 4 is 0 Å². The van der Waals surface area contributed by atoms with E-state index in [9.17, 15) is 5.11 Å². The molecule has 0 amide bonds. The minimum absolute atomic E-state index is 0.277. The van der Waals surface area contributed by atoms with Crippen LogP contribution < -0.4 is 9.47 Å². The van der Waals surface area contributed by atoms with Gasteiger partial charge in [-0.3, -0.25) is 0 Å². The van der Waals surface area contributed by atoms with Crippen LogP contribution in [0.3, 0.4) is 0 Å². The first-order chi connectivity index (χ1) is 21.7. The van der Waals surface area contributed by atoms with E-state index in [1.54, 1.807) is 7.11 Å². The Labute approximate surface area is 259 Å². The molecule has 1 aliphatic rings. The molecule has 1 fully saturated rings. The van der Waals surface area contributed by atoms with Crippen LogP contribution >= 0.6 is 0 Å². The van der Waals surface area contributed by atoms with Crippen molar-refractivity contribution in [3.8, 4) is 11.5 Å². The second-order valence-corrected chi connectivity index (χ2v) is 10.6. The Hall–Kier alpha value is -3.98. The minimum atomic E-state index is -0.886. The van der Waals surface area contributed by atoms with E-state index in [1.807, 2.05) is 115 Å². The van der Waals surface area contributed by atoms with Crippen LogP contribution in [0, 0.1) is 0 Å². The summed E-state index contributed by atoms with van der Waals surface area (Å²) in [7, 11) is 1.63. The molecule has 230 valence electrons. The molecule has 1 aliphatic heterocycles. The fraction of sp³-hybridized carbons (Fsp3) is 0.297. The lowest BCUT2D eigenvalue weighted by molar-refractivity contribution is -0.308. The summed E-state index contributed by atoms with van der Waals surface area (Å²) in [5.41, 5.74) is 3.92. The second kappa shape index (κ2) is 16.2. The SMILES string of the molecule is C=CCc1ccccc1O[C@@H]1O[C@H](CO)[C@@H](OCc2ccc(OC)cc2)[C@H](OCc2ccccc2)[C@H]1OCc1ccccc1. The number of ether oxygens (including phenoxy) is 6. The summed E-state index contributed by atoms with van der Waals surface area (Å²) in [6, 6.07) is 35.3. The molecule has 1 heterocycles. The van der Waals surface area contributed by atoms with Crippen LogP contribution in [-0.2, 0) is 45.2 Å². The largest absolute Gasteiger partial charge is 0.497 e. The summed E-state index contributed by atoms with van der Waals surface area (Å²) in [4.78, 5) is 0. The maximum Gasteiger partial charge on any atom is 0.229 e. The lowest BCUT2D eigenvalue weighted by Crippen LogP contribution is -2.62. The van der Waals surface area contributed by atoms with Crippen LogP contribution in [-0.4, -0.2) is 49.5 Å². The van der Waals surface area contributed by atoms with Crippen molar-refractivity contribution in [2.45, 2.75) is 56.9 Å². The van der Waals surface area contributed by atoms with Gasteiger partial charge in [-0.05, 0) is 46.9 Å². The molecule has 0 spiro atoms. The van der Waals surface area contributed by atoms with Crippen molar-refractivity contribution in [3.63, 3.8) is 0 Å². The van der Waals surface area contributed by atoms with Gasteiger partial charge in [-0.15, -0.1) is 6.58 Å². The van der Waals surface area contributed by atoms with E-state index < -0.39 is 30.7 Å². The van der Waals surface area contributed by atoms with E-state index in [4.69, 9.17) is 28.4 Å². The van der Waals surface area contributed by atoms with Gasteiger partial charge < -0.3 is 33.5 Å². The van der Waals surface area contributed by atoms with Gasteiger partial charge in [0.1, 0.15) is 35.9 Å². The van der Waals surface area contributed by atoms with Gasteiger partial charge in [0.2, 0.25) is 6.29 Å². The third kappa shape index (κ3) is 8.34. The molecular formula is C37H40O7. The van der Waals surface area contributed by atoms with Crippen molar-refractivity contribution in [2.24, 2.45) is 0 Å². The highest BCUT2D eigenvalue weighted by Gasteiger charge is 2.49. The highest BCUT2D eigenvalue weighted by molar-refractivity contribution is 5.35. The van der Waals surface area contributed by atoms with Crippen LogP contribution in [0.2, 0.25) is 0 Å². The first-order valence-corrected chi connectivity index (χ1v) is 14.9. The van der Waals surface area contributed by atoms with Crippen LogP contribution in [0.15, 0.2) is 122 Å². The van der Waals surface area contributed by atoms with Gasteiger partial charge in [-0.25, -0.2) is 0 Å². The Morgan fingerprint density at radius 2 is 1.23 bits per heavy atom. The average Bonchev–Trinajstić information content (AvgIpc) is 3.08. The van der Waals surface area contributed by atoms with E-state index in [1.165, 1.54) is 0 Å². The van der Waals surface area contributed by atoms with Crippen molar-refractivity contribution in [3.05, 3.63) is 144 Å². The third-order valence-corrected chi connectivity index (χ3v) is 7.52. The molecule has 44 heavy (non-hydrogen) atoms. The van der Waals surface area contributed by atoms with Crippen LogP contribution in [0.1, 0.15) is 22.3 Å². The maximum atomic E-state index is 10.6. The molecule has 5 atom stereocenters. The van der Waals surface area contributed by atoms with E-state index >= 15 is 0 Å². The normalized spacial score (nSPS) is 21.5. The molecule has 7 heteroatoms. The molecular weight excluding hydrogens is 556 g/mol. The fourth-order valence-electron chi connectivity index (χ4n) is 5.20. The van der Waals surface area contributed by atoms with Gasteiger partial charge in [0.15, 0.2) is 0 Å². The van der Waals surface area contributed by atoms with Crippen molar-refractivity contribution in [1.82, 2.24) is 0 Å². The van der Waals surface area contributed by atoms with Crippen LogP contribution in [0.5, 0.6) is 11.5 Å². The van der Waals surface area contributed by atoms with Crippen molar-refractivity contribution < 1.29 is 33.5 Å². The lowest BCUT2D eigenvalue weighted by atomic mass is 9.97. The summed E-state index contributed by atoms with van der Waals surface area (Å²) >= 11 is 0. The maximum absolute atomic E-state index is 10.6. The standard InChI is InChI=1S/C37H40O7/c1-3-12-30-17-10-11-18-32(30)43-37-36(42-25-28-15-8-5-9-16-28)35(41-24-27-13-6-4-7-14-27)34(33(23-38)44-37)40-26-29-19-21-31(39-2)22-20-29/h3-11,13-22,33-38H,1,12,23-26H2,2H3/t33-,34-,35+,36-,37-/m1/s1. The van der Waals surface area contributed by atoms with Gasteiger partial charge in [0.05, 0.1) is 33.5 Å². The quantitative estimate of drug-likeness (QED) is 0.162. The fourth-order valence-corrected chi connectivity index (χ4v) is 5.20. The van der Waals surface area contributed by atoms with Gasteiger partial charge in [0.25, 0.3) is 0 Å². The number of aliphatic hydroxyl groups excluding tert-OH is 1. The second-order valence-electron chi connectivity index (χ2n) is 10.6. The molecule has 0 radical (unpaired) electrons. The summed E-state index contributed by atoms with van der Waals surface area (Å²) in [6.45, 7) is 4.50. The number of methoxy groups -OCH3 is 1. The number of benzene rings is 4. The summed E-state index contributed by atoms with van der Waals surface area (Å²) in [5, 5.41) is 10.6. The number of hydrogen-bond donors (Lipinski definition) is 1. The zero-order chi connectivity index (χ0) is 30.6. The third-order valence-electron chi connectivity index (χ3n) is 7.52. The van der Waals surface area contributed by atoms with Crippen molar-refractivity contribution in [2.75, 3.05) is 13.7 Å². The van der Waals surface area contributed by atoms with E-state index in [0.29, 0.717) is 25.4 Å². The molecule has 4 aromatic rings. The van der Waals surface area contributed by atoms with Gasteiger partial charge in [-0.1, -0.05) is 97.1 Å². The molecule has 5 rings (SSSR count). The highest BCUT2D eigenvalue weighted by atomic mass is 16.7. The topological polar surface area (TPSA) is 75.6 Å². The minimum Gasteiger partial charge on any atom is -0.497 e. The number of rotatable bonds is 15. The molecule has 0 aliphatic carbocycles. The van der Waals surface area contributed by atoms with Gasteiger partial charge in [0, 0.05) is 0 Å². The van der Waals surface area contributed by atoms with Crippen LogP contribution in [0.4, 0.5) is 0 Å². The van der Waals surface area contributed by atoms with E-state index in [0.717, 1.165) is 28.0 Å². The summed E-state index contributed by atoms with van der Waals surface area (Å²) < 4.78 is 38.0. The average molecular weight is 597 g/mol. The smallest absolute Gasteiger partial charge is 0.229 e. The zero-order valence-corrected chi connectivity index (χ0v) is 25.0. The Bertz CT molecular complexity index is 1410. The Morgan fingerprint density at radius 3 is 1.82 bits per heavy atom. The van der Waals surface area contributed by atoms with Gasteiger partial charge in [-0.2, -0.15) is 0 Å². The molecule has 4 aromatic carbocycles. The molecule has 1 saturated heterocycles. The number of allylic oxidation sites excluding steroid dienone is 1. The molecule has 0 saturated carbocycles. The predicted octanol–water partition coefficient (Wildman–Crippen LogP) is 6.28. The highest BCUT2D eigenvalue weighted by Crippen LogP contribution is 2.33. The predicted molar refractivity (Wildman–Crippen MR) is 168 cm³/mol. The molecule has 7 nitrogen and oxygen atoms in total. The van der Waals surface area contributed by atoms with Crippen LogP contribution in [0.25, 0.3) is 0 Å². The van der Waals surface area contributed by atoms with Crippen molar-refractivity contribution in [1.29, 1.82) is 0 Å². The molecule has 0 bridgehead atoms. The number of aliphatic hydroxyl groups is 1. The lowest BCUT2D eigenvalue weighted by Gasteiger charge is -2.45.